The third kappa shape index (κ3) is 3.34. The first-order chi connectivity index (χ1) is 8.50. The molecule has 0 N–H and O–H groups in total. The van der Waals surface area contributed by atoms with E-state index in [0.717, 1.165) is 0 Å². The lowest BCUT2D eigenvalue weighted by molar-refractivity contribution is -0.169. The topological polar surface area (TPSA) is 52.6 Å². The average molecular weight is 256 g/mol. The summed E-state index contributed by atoms with van der Waals surface area (Å²) < 4.78 is 10.1. The van der Waals surface area contributed by atoms with Crippen LogP contribution in [0.15, 0.2) is 11.6 Å². The van der Waals surface area contributed by atoms with Gasteiger partial charge in [-0.05, 0) is 39.7 Å². The molecular weight excluding hydrogens is 232 g/mol. The number of hydrogen-bond acceptors (Lipinski definition) is 4. The monoisotopic (exact) mass is 256 g/mol. The largest absolute Gasteiger partial charge is 0.465 e. The van der Waals surface area contributed by atoms with E-state index >= 15 is 0 Å². The van der Waals surface area contributed by atoms with Gasteiger partial charge in [-0.3, -0.25) is 9.59 Å². The van der Waals surface area contributed by atoms with Gasteiger partial charge < -0.3 is 9.47 Å². The first-order valence-corrected chi connectivity index (χ1v) is 6.48. The van der Waals surface area contributed by atoms with Crippen LogP contribution in [0.1, 0.15) is 47.5 Å². The second-order valence-corrected chi connectivity index (χ2v) is 4.07. The normalized spacial score (nSPS) is 12.2. The van der Waals surface area contributed by atoms with Crippen LogP contribution in [0.25, 0.3) is 0 Å². The first kappa shape index (κ1) is 16.7. The molecule has 0 unspecified atom stereocenters. The molecule has 0 radical (unpaired) electrons. The maximum absolute atomic E-state index is 12.2. The minimum atomic E-state index is -1.28. The number of rotatable bonds is 7. The van der Waals surface area contributed by atoms with E-state index in [2.05, 4.69) is 0 Å². The second kappa shape index (κ2) is 7.90. The van der Waals surface area contributed by atoms with Crippen molar-refractivity contribution >= 4 is 11.9 Å². The molecular formula is C14H24O4. The summed E-state index contributed by atoms with van der Waals surface area (Å²) in [6.07, 6.45) is 2.87. The molecule has 0 aliphatic heterocycles. The summed E-state index contributed by atoms with van der Waals surface area (Å²) in [7, 11) is 0. The standard InChI is InChI=1S/C14H24O4/c1-6-10-14(11(5)7-2,12(15)17-8-3)13(16)18-9-4/h7H,6,8-10H2,1-5H3/b11-7-. The van der Waals surface area contributed by atoms with Gasteiger partial charge in [0.1, 0.15) is 0 Å². The van der Waals surface area contributed by atoms with Crippen molar-refractivity contribution in [1.29, 1.82) is 0 Å². The first-order valence-electron chi connectivity index (χ1n) is 6.48. The van der Waals surface area contributed by atoms with Crippen LogP contribution in [0.2, 0.25) is 0 Å². The lowest BCUT2D eigenvalue weighted by atomic mass is 9.76. The Morgan fingerprint density at radius 1 is 1.06 bits per heavy atom. The SMILES string of the molecule is C/C=C(/C)C(CCC)(C(=O)OCC)C(=O)OCC. The summed E-state index contributed by atoms with van der Waals surface area (Å²) in [6, 6.07) is 0. The molecule has 0 rings (SSSR count). The van der Waals surface area contributed by atoms with Crippen LogP contribution in [0.4, 0.5) is 0 Å². The number of allylic oxidation sites excluding steroid dienone is 1. The molecule has 0 aliphatic carbocycles. The summed E-state index contributed by atoms with van der Waals surface area (Å²) in [6.45, 7) is 9.45. The van der Waals surface area contributed by atoms with Gasteiger partial charge in [0.15, 0.2) is 5.41 Å². The zero-order chi connectivity index (χ0) is 14.2. The molecule has 0 heterocycles. The van der Waals surface area contributed by atoms with E-state index in [0.29, 0.717) is 18.4 Å². The predicted molar refractivity (Wildman–Crippen MR) is 70.0 cm³/mol. The van der Waals surface area contributed by atoms with Crippen molar-refractivity contribution in [2.24, 2.45) is 5.41 Å². The minimum Gasteiger partial charge on any atom is -0.465 e. The Bertz CT molecular complexity index is 300. The van der Waals surface area contributed by atoms with Gasteiger partial charge in [0, 0.05) is 0 Å². The lowest BCUT2D eigenvalue weighted by Gasteiger charge is -2.29. The molecule has 18 heavy (non-hydrogen) atoms. The van der Waals surface area contributed by atoms with Gasteiger partial charge in [0.2, 0.25) is 0 Å². The van der Waals surface area contributed by atoms with Crippen LogP contribution in [-0.2, 0) is 19.1 Å². The molecule has 0 spiro atoms. The molecule has 4 nitrogen and oxygen atoms in total. The molecule has 0 aromatic rings. The van der Waals surface area contributed by atoms with Crippen LogP contribution in [0, 0.1) is 5.41 Å². The molecule has 0 atom stereocenters. The zero-order valence-electron chi connectivity index (χ0n) is 12.0. The van der Waals surface area contributed by atoms with Crippen LogP contribution < -0.4 is 0 Å². The molecule has 104 valence electrons. The fourth-order valence-electron chi connectivity index (χ4n) is 1.94. The summed E-state index contributed by atoms with van der Waals surface area (Å²) in [5.41, 5.74) is -0.601. The van der Waals surface area contributed by atoms with Crippen LogP contribution in [0.3, 0.4) is 0 Å². The van der Waals surface area contributed by atoms with E-state index in [-0.39, 0.29) is 13.2 Å². The Kier molecular flexibility index (Phi) is 7.32. The molecule has 0 aliphatic rings. The predicted octanol–water partition coefficient (Wildman–Crippen LogP) is 2.87. The molecule has 0 amide bonds. The van der Waals surface area contributed by atoms with Crippen LogP contribution >= 0.6 is 0 Å². The van der Waals surface area contributed by atoms with Crippen molar-refractivity contribution in [3.05, 3.63) is 11.6 Å². The van der Waals surface area contributed by atoms with Crippen molar-refractivity contribution in [2.75, 3.05) is 13.2 Å². The summed E-state index contributed by atoms with van der Waals surface area (Å²) in [4.78, 5) is 24.4. The Labute approximate surface area is 109 Å². The third-order valence-corrected chi connectivity index (χ3v) is 2.98. The van der Waals surface area contributed by atoms with E-state index in [1.807, 2.05) is 6.92 Å². The minimum absolute atomic E-state index is 0.251. The highest BCUT2D eigenvalue weighted by Crippen LogP contribution is 2.36. The van der Waals surface area contributed by atoms with E-state index in [1.54, 1.807) is 33.8 Å². The van der Waals surface area contributed by atoms with Gasteiger partial charge in [-0.1, -0.05) is 19.4 Å². The number of esters is 2. The third-order valence-electron chi connectivity index (χ3n) is 2.98. The van der Waals surface area contributed by atoms with Gasteiger partial charge in [0.05, 0.1) is 13.2 Å². The van der Waals surface area contributed by atoms with E-state index in [4.69, 9.17) is 9.47 Å². The lowest BCUT2D eigenvalue weighted by Crippen LogP contribution is -2.43. The summed E-state index contributed by atoms with van der Waals surface area (Å²) in [5, 5.41) is 0. The maximum atomic E-state index is 12.2. The Balaban J connectivity index is 5.56. The van der Waals surface area contributed by atoms with Crippen molar-refractivity contribution in [3.8, 4) is 0 Å². The summed E-state index contributed by atoms with van der Waals surface area (Å²) in [5.74, 6) is -1.03. The molecule has 0 fully saturated rings. The van der Waals surface area contributed by atoms with E-state index < -0.39 is 17.4 Å². The fraction of sp³-hybridized carbons (Fsp3) is 0.714. The smallest absolute Gasteiger partial charge is 0.327 e. The Hall–Kier alpha value is -1.32. The fourth-order valence-corrected chi connectivity index (χ4v) is 1.94. The van der Waals surface area contributed by atoms with Gasteiger partial charge in [-0.2, -0.15) is 0 Å². The number of carbonyl (C=O) groups excluding carboxylic acids is 2. The molecule has 4 heteroatoms. The van der Waals surface area contributed by atoms with Crippen molar-refractivity contribution < 1.29 is 19.1 Å². The average Bonchev–Trinajstić information content (AvgIpc) is 2.35. The van der Waals surface area contributed by atoms with Gasteiger partial charge in [-0.15, -0.1) is 0 Å². The molecule has 0 aromatic carbocycles. The van der Waals surface area contributed by atoms with Crippen LogP contribution in [-0.4, -0.2) is 25.2 Å². The van der Waals surface area contributed by atoms with Gasteiger partial charge >= 0.3 is 11.9 Å². The maximum Gasteiger partial charge on any atom is 0.327 e. The quantitative estimate of drug-likeness (QED) is 0.399. The molecule has 0 saturated heterocycles. The number of ether oxygens (including phenoxy) is 2. The zero-order valence-corrected chi connectivity index (χ0v) is 12.0. The van der Waals surface area contributed by atoms with Crippen molar-refractivity contribution in [1.82, 2.24) is 0 Å². The number of carbonyl (C=O) groups is 2. The van der Waals surface area contributed by atoms with Crippen LogP contribution in [0.5, 0.6) is 0 Å². The van der Waals surface area contributed by atoms with Gasteiger partial charge in [-0.25, -0.2) is 0 Å². The Morgan fingerprint density at radius 2 is 1.50 bits per heavy atom. The number of hydrogen-bond donors (Lipinski definition) is 0. The second-order valence-electron chi connectivity index (χ2n) is 4.07. The molecule has 0 bridgehead atoms. The molecule has 0 aromatic heterocycles. The van der Waals surface area contributed by atoms with E-state index in [1.165, 1.54) is 0 Å². The highest BCUT2D eigenvalue weighted by molar-refractivity contribution is 6.03. The Morgan fingerprint density at radius 3 is 1.78 bits per heavy atom. The van der Waals surface area contributed by atoms with Crippen molar-refractivity contribution in [3.63, 3.8) is 0 Å². The van der Waals surface area contributed by atoms with E-state index in [9.17, 15) is 9.59 Å². The molecule has 0 saturated carbocycles. The highest BCUT2D eigenvalue weighted by Gasteiger charge is 2.49. The van der Waals surface area contributed by atoms with Crippen molar-refractivity contribution in [2.45, 2.75) is 47.5 Å². The summed E-state index contributed by atoms with van der Waals surface area (Å²) >= 11 is 0. The van der Waals surface area contributed by atoms with Gasteiger partial charge in [0.25, 0.3) is 0 Å². The highest BCUT2D eigenvalue weighted by atomic mass is 16.6.